The number of hydrogen-bond acceptors (Lipinski definition) is 6. The van der Waals surface area contributed by atoms with Gasteiger partial charge in [0, 0.05) is 24.0 Å². The standard InChI is InChI=1S/C12H16N4O2S2/c1-2-16-5-10(14-15-16)7-20(17,18)8-12-13-11(6-19-12)9-3-4-9/h5-6,9H,2-4,7-8H2,1H3. The lowest BCUT2D eigenvalue weighted by atomic mass is 10.3. The van der Waals surface area contributed by atoms with Gasteiger partial charge in [0.2, 0.25) is 0 Å². The minimum Gasteiger partial charge on any atom is -0.253 e. The van der Waals surface area contributed by atoms with E-state index in [1.807, 2.05) is 12.3 Å². The van der Waals surface area contributed by atoms with Crippen LogP contribution in [0.5, 0.6) is 0 Å². The van der Waals surface area contributed by atoms with Crippen molar-refractivity contribution in [3.05, 3.63) is 28.0 Å². The molecule has 6 nitrogen and oxygen atoms in total. The summed E-state index contributed by atoms with van der Waals surface area (Å²) in [6.45, 7) is 2.62. The van der Waals surface area contributed by atoms with Gasteiger partial charge in [-0.05, 0) is 19.8 Å². The molecule has 0 atom stereocenters. The first-order chi connectivity index (χ1) is 9.55. The van der Waals surface area contributed by atoms with Crippen molar-refractivity contribution >= 4 is 21.2 Å². The third kappa shape index (κ3) is 3.24. The predicted octanol–water partition coefficient (Wildman–Crippen LogP) is 1.75. The molecule has 0 saturated heterocycles. The van der Waals surface area contributed by atoms with Crippen LogP contribution in [-0.2, 0) is 27.9 Å². The van der Waals surface area contributed by atoms with Crippen LogP contribution < -0.4 is 0 Å². The Kier molecular flexibility index (Phi) is 3.59. The SMILES string of the molecule is CCn1cc(CS(=O)(=O)Cc2nc(C3CC3)cs2)nn1. The first kappa shape index (κ1) is 13.7. The highest BCUT2D eigenvalue weighted by Gasteiger charge is 2.27. The summed E-state index contributed by atoms with van der Waals surface area (Å²) in [6, 6.07) is 0. The molecule has 0 amide bonds. The van der Waals surface area contributed by atoms with E-state index in [0.717, 1.165) is 5.69 Å². The number of sulfone groups is 1. The fourth-order valence-corrected chi connectivity index (χ4v) is 4.58. The maximum atomic E-state index is 12.2. The summed E-state index contributed by atoms with van der Waals surface area (Å²) < 4.78 is 25.9. The van der Waals surface area contributed by atoms with E-state index in [1.165, 1.54) is 24.2 Å². The lowest BCUT2D eigenvalue weighted by Crippen LogP contribution is -2.08. The summed E-state index contributed by atoms with van der Waals surface area (Å²) in [6.07, 6.45) is 4.03. The molecule has 0 unspecified atom stereocenters. The molecule has 1 aliphatic rings. The van der Waals surface area contributed by atoms with E-state index in [9.17, 15) is 8.42 Å². The van der Waals surface area contributed by atoms with Gasteiger partial charge in [0.15, 0.2) is 9.84 Å². The molecule has 20 heavy (non-hydrogen) atoms. The largest absolute Gasteiger partial charge is 0.253 e. The Balaban J connectivity index is 1.67. The maximum Gasteiger partial charge on any atom is 0.162 e. The molecular formula is C12H16N4O2S2. The average molecular weight is 312 g/mol. The first-order valence-electron chi connectivity index (χ1n) is 6.59. The van der Waals surface area contributed by atoms with Crippen molar-refractivity contribution in [3.8, 4) is 0 Å². The monoisotopic (exact) mass is 312 g/mol. The number of hydrogen-bond donors (Lipinski definition) is 0. The minimum atomic E-state index is -3.24. The molecule has 0 N–H and O–H groups in total. The molecule has 2 aromatic rings. The van der Waals surface area contributed by atoms with Crippen LogP contribution in [0.4, 0.5) is 0 Å². The van der Waals surface area contributed by atoms with Gasteiger partial charge in [-0.25, -0.2) is 13.4 Å². The Bertz CT molecular complexity index is 701. The van der Waals surface area contributed by atoms with Crippen LogP contribution in [0.2, 0.25) is 0 Å². The Morgan fingerprint density at radius 1 is 1.40 bits per heavy atom. The Labute approximate surface area is 121 Å². The van der Waals surface area contributed by atoms with Gasteiger partial charge in [-0.3, -0.25) is 4.68 Å². The summed E-state index contributed by atoms with van der Waals surface area (Å²) in [7, 11) is -3.24. The molecule has 0 aliphatic heterocycles. The van der Waals surface area contributed by atoms with Gasteiger partial charge in [-0.2, -0.15) is 0 Å². The number of thiazole rings is 1. The van der Waals surface area contributed by atoms with Crippen LogP contribution in [-0.4, -0.2) is 28.4 Å². The van der Waals surface area contributed by atoms with Gasteiger partial charge in [-0.15, -0.1) is 16.4 Å². The van der Waals surface area contributed by atoms with Crippen molar-refractivity contribution in [3.63, 3.8) is 0 Å². The summed E-state index contributed by atoms with van der Waals surface area (Å²) in [5.74, 6) is 0.474. The normalized spacial score (nSPS) is 15.7. The Morgan fingerprint density at radius 2 is 2.20 bits per heavy atom. The van der Waals surface area contributed by atoms with Crippen LogP contribution in [0, 0.1) is 0 Å². The van der Waals surface area contributed by atoms with Crippen LogP contribution in [0.15, 0.2) is 11.6 Å². The molecule has 2 heterocycles. The van der Waals surface area contributed by atoms with Gasteiger partial charge in [0.1, 0.15) is 10.8 Å². The second-order valence-electron chi connectivity index (χ2n) is 5.04. The third-order valence-electron chi connectivity index (χ3n) is 3.19. The highest BCUT2D eigenvalue weighted by molar-refractivity contribution is 7.89. The predicted molar refractivity (Wildman–Crippen MR) is 76.1 cm³/mol. The van der Waals surface area contributed by atoms with Crippen LogP contribution in [0.25, 0.3) is 0 Å². The molecular weight excluding hydrogens is 296 g/mol. The van der Waals surface area contributed by atoms with Crippen molar-refractivity contribution in [2.75, 3.05) is 0 Å². The number of nitrogens with zero attached hydrogens (tertiary/aromatic N) is 4. The maximum absolute atomic E-state index is 12.2. The quantitative estimate of drug-likeness (QED) is 0.812. The Morgan fingerprint density at radius 3 is 2.85 bits per heavy atom. The number of aryl methyl sites for hydroxylation is 1. The zero-order valence-electron chi connectivity index (χ0n) is 11.2. The van der Waals surface area contributed by atoms with E-state index < -0.39 is 9.84 Å². The fraction of sp³-hybridized carbons (Fsp3) is 0.583. The second-order valence-corrected chi connectivity index (χ2v) is 8.05. The average Bonchev–Trinajstić information content (AvgIpc) is 2.98. The minimum absolute atomic E-state index is 0.0105. The van der Waals surface area contributed by atoms with E-state index in [1.54, 1.807) is 10.9 Å². The molecule has 0 aromatic carbocycles. The molecule has 3 rings (SSSR count). The molecule has 1 fully saturated rings. The third-order valence-corrected chi connectivity index (χ3v) is 5.69. The number of aromatic nitrogens is 4. The van der Waals surface area contributed by atoms with Crippen molar-refractivity contribution in [1.82, 2.24) is 20.0 Å². The van der Waals surface area contributed by atoms with E-state index in [0.29, 0.717) is 23.2 Å². The molecule has 0 radical (unpaired) electrons. The summed E-state index contributed by atoms with van der Waals surface area (Å²) >= 11 is 1.43. The summed E-state index contributed by atoms with van der Waals surface area (Å²) in [4.78, 5) is 4.42. The second kappa shape index (κ2) is 5.25. The van der Waals surface area contributed by atoms with Crippen molar-refractivity contribution in [2.24, 2.45) is 0 Å². The smallest absolute Gasteiger partial charge is 0.162 e. The highest BCUT2D eigenvalue weighted by Crippen LogP contribution is 2.40. The van der Waals surface area contributed by atoms with Crippen LogP contribution in [0.3, 0.4) is 0 Å². The van der Waals surface area contributed by atoms with Gasteiger partial charge in [-0.1, -0.05) is 5.21 Å². The summed E-state index contributed by atoms with van der Waals surface area (Å²) in [5, 5.41) is 10.4. The molecule has 108 valence electrons. The van der Waals surface area contributed by atoms with Gasteiger partial charge in [0.05, 0.1) is 17.1 Å². The zero-order chi connectivity index (χ0) is 14.2. The van der Waals surface area contributed by atoms with Crippen molar-refractivity contribution in [1.29, 1.82) is 0 Å². The fourth-order valence-electron chi connectivity index (χ4n) is 1.98. The lowest BCUT2D eigenvalue weighted by Gasteiger charge is -1.98. The zero-order valence-corrected chi connectivity index (χ0v) is 12.8. The molecule has 0 bridgehead atoms. The lowest BCUT2D eigenvalue weighted by molar-refractivity contribution is 0.593. The van der Waals surface area contributed by atoms with Gasteiger partial charge in [0.25, 0.3) is 0 Å². The number of rotatable bonds is 6. The summed E-state index contributed by atoms with van der Waals surface area (Å²) in [5.41, 5.74) is 1.54. The first-order valence-corrected chi connectivity index (χ1v) is 9.29. The molecule has 1 aliphatic carbocycles. The van der Waals surface area contributed by atoms with Crippen LogP contribution in [0.1, 0.15) is 42.1 Å². The molecule has 0 spiro atoms. The van der Waals surface area contributed by atoms with Crippen molar-refractivity contribution < 1.29 is 8.42 Å². The molecule has 1 saturated carbocycles. The van der Waals surface area contributed by atoms with Crippen molar-refractivity contribution in [2.45, 2.75) is 43.7 Å². The molecule has 8 heteroatoms. The van der Waals surface area contributed by atoms with E-state index in [2.05, 4.69) is 15.3 Å². The van der Waals surface area contributed by atoms with E-state index in [4.69, 9.17) is 0 Å². The van der Waals surface area contributed by atoms with E-state index >= 15 is 0 Å². The van der Waals surface area contributed by atoms with E-state index in [-0.39, 0.29) is 11.5 Å². The van der Waals surface area contributed by atoms with Crippen LogP contribution >= 0.6 is 11.3 Å². The Hall–Kier alpha value is -1.28. The highest BCUT2D eigenvalue weighted by atomic mass is 32.2. The van der Waals surface area contributed by atoms with Gasteiger partial charge >= 0.3 is 0 Å². The topological polar surface area (TPSA) is 77.7 Å². The van der Waals surface area contributed by atoms with Gasteiger partial charge < -0.3 is 0 Å². The molecule has 2 aromatic heterocycles.